The first-order valence-corrected chi connectivity index (χ1v) is 11.1. The fourth-order valence-corrected chi connectivity index (χ4v) is 4.58. The van der Waals surface area contributed by atoms with E-state index in [1.165, 1.54) is 6.42 Å². The van der Waals surface area contributed by atoms with Crippen LogP contribution in [0, 0.1) is 11.3 Å². The van der Waals surface area contributed by atoms with Gasteiger partial charge in [0.25, 0.3) is 0 Å². The fraction of sp³-hybridized carbons (Fsp3) is 0.542. The molecular formula is C24H34N4O2. The van der Waals surface area contributed by atoms with E-state index >= 15 is 0 Å². The summed E-state index contributed by atoms with van der Waals surface area (Å²) in [7, 11) is 1.73. The zero-order valence-corrected chi connectivity index (χ0v) is 18.3. The molecule has 30 heavy (non-hydrogen) atoms. The molecule has 3 atom stereocenters. The molecule has 2 aromatic rings. The van der Waals surface area contributed by atoms with Crippen molar-refractivity contribution in [2.75, 3.05) is 7.05 Å². The highest BCUT2D eigenvalue weighted by Crippen LogP contribution is 2.32. The molecule has 1 aliphatic carbocycles. The summed E-state index contributed by atoms with van der Waals surface area (Å²) in [6.07, 6.45) is 7.71. The number of carbonyl (C=O) groups excluding carboxylic acids is 2. The summed E-state index contributed by atoms with van der Waals surface area (Å²) in [5.74, 6) is -0.622. The van der Waals surface area contributed by atoms with E-state index in [2.05, 4.69) is 15.6 Å². The maximum absolute atomic E-state index is 13.6. The van der Waals surface area contributed by atoms with Gasteiger partial charge in [-0.15, -0.1) is 0 Å². The Morgan fingerprint density at radius 3 is 2.57 bits per heavy atom. The monoisotopic (exact) mass is 410 g/mol. The normalized spacial score (nSPS) is 18.0. The molecule has 0 bridgehead atoms. The number of nitrogens with one attached hydrogen (secondary N) is 4. The van der Waals surface area contributed by atoms with Crippen molar-refractivity contribution in [3.8, 4) is 0 Å². The lowest BCUT2D eigenvalue weighted by Gasteiger charge is -2.31. The first kappa shape index (κ1) is 22.2. The van der Waals surface area contributed by atoms with Crippen molar-refractivity contribution in [2.24, 2.45) is 5.92 Å². The fourth-order valence-electron chi connectivity index (χ4n) is 4.58. The molecule has 1 heterocycles. The van der Waals surface area contributed by atoms with Gasteiger partial charge in [0.05, 0.1) is 17.8 Å². The molecule has 0 aliphatic heterocycles. The third-order valence-corrected chi connectivity index (χ3v) is 6.55. The third-order valence-electron chi connectivity index (χ3n) is 6.55. The molecule has 4 N–H and O–H groups in total. The van der Waals surface area contributed by atoms with E-state index < -0.39 is 6.04 Å². The van der Waals surface area contributed by atoms with Crippen LogP contribution < -0.4 is 10.6 Å². The average Bonchev–Trinajstić information content (AvgIpc) is 3.21. The lowest BCUT2D eigenvalue weighted by atomic mass is 9.78. The maximum atomic E-state index is 13.6. The van der Waals surface area contributed by atoms with Crippen LogP contribution in [0.5, 0.6) is 0 Å². The second kappa shape index (κ2) is 10.0. The number of hydrogen-bond donors (Lipinski definition) is 4. The van der Waals surface area contributed by atoms with Gasteiger partial charge in [-0.2, -0.15) is 0 Å². The predicted octanol–water partition coefficient (Wildman–Crippen LogP) is 3.92. The number of fused-ring (bicyclic) bond motifs is 1. The number of aromatic amines is 1. The van der Waals surface area contributed by atoms with Crippen LogP contribution in [0.3, 0.4) is 0 Å². The number of Topliss-reactive ketones (excluding diaryl/α,β-unsaturated/α-hetero) is 1. The largest absolute Gasteiger partial charge is 0.361 e. The van der Waals surface area contributed by atoms with E-state index in [4.69, 9.17) is 5.41 Å². The molecule has 1 saturated carbocycles. The van der Waals surface area contributed by atoms with E-state index in [1.54, 1.807) is 14.0 Å². The molecule has 6 nitrogen and oxygen atoms in total. The van der Waals surface area contributed by atoms with Crippen LogP contribution in [0.4, 0.5) is 0 Å². The molecule has 3 unspecified atom stereocenters. The summed E-state index contributed by atoms with van der Waals surface area (Å²) < 4.78 is 0. The van der Waals surface area contributed by atoms with E-state index in [9.17, 15) is 9.59 Å². The minimum Gasteiger partial charge on any atom is -0.361 e. The molecule has 162 valence electrons. The Morgan fingerprint density at radius 2 is 1.90 bits per heavy atom. The molecule has 1 aromatic carbocycles. The van der Waals surface area contributed by atoms with Gasteiger partial charge in [0.2, 0.25) is 5.91 Å². The summed E-state index contributed by atoms with van der Waals surface area (Å²) in [5, 5.41) is 15.8. The Hall–Kier alpha value is -2.47. The molecule has 0 spiro atoms. The maximum Gasteiger partial charge on any atom is 0.237 e. The molecule has 6 heteroatoms. The van der Waals surface area contributed by atoms with Crippen molar-refractivity contribution in [1.82, 2.24) is 15.6 Å². The SMILES string of the molecule is CCC(C(=N)C(=O)C(NC(=O)C(C)NC)C1CCCCC1)c1c[nH]c2ccccc12. The molecule has 1 fully saturated rings. The zero-order valence-electron chi connectivity index (χ0n) is 18.3. The van der Waals surface area contributed by atoms with Crippen LogP contribution >= 0.6 is 0 Å². The summed E-state index contributed by atoms with van der Waals surface area (Å²) in [4.78, 5) is 29.4. The molecular weight excluding hydrogens is 376 g/mol. The van der Waals surface area contributed by atoms with Crippen molar-refractivity contribution < 1.29 is 9.59 Å². The van der Waals surface area contributed by atoms with E-state index in [0.29, 0.717) is 6.42 Å². The van der Waals surface area contributed by atoms with Gasteiger partial charge in [-0.05, 0) is 50.8 Å². The van der Waals surface area contributed by atoms with Crippen LogP contribution in [-0.4, -0.2) is 41.5 Å². The van der Waals surface area contributed by atoms with Gasteiger partial charge in [0.15, 0.2) is 5.78 Å². The smallest absolute Gasteiger partial charge is 0.237 e. The molecule has 1 aromatic heterocycles. The number of para-hydroxylation sites is 1. The van der Waals surface area contributed by atoms with E-state index in [-0.39, 0.29) is 35.3 Å². The second-order valence-electron chi connectivity index (χ2n) is 8.42. The number of hydrogen-bond acceptors (Lipinski definition) is 4. The molecule has 3 rings (SSSR count). The quantitative estimate of drug-likeness (QED) is 0.472. The van der Waals surface area contributed by atoms with Crippen molar-refractivity contribution in [3.63, 3.8) is 0 Å². The van der Waals surface area contributed by atoms with Crippen LogP contribution in [0.1, 0.15) is 63.9 Å². The zero-order chi connectivity index (χ0) is 21.7. The Kier molecular flexibility index (Phi) is 7.43. The number of likely N-dealkylation sites (N-methyl/N-ethyl adjacent to an activating group) is 1. The molecule has 1 amide bonds. The van der Waals surface area contributed by atoms with Crippen molar-refractivity contribution >= 4 is 28.3 Å². The predicted molar refractivity (Wildman–Crippen MR) is 121 cm³/mol. The number of rotatable bonds is 9. The summed E-state index contributed by atoms with van der Waals surface area (Å²) in [6, 6.07) is 6.96. The van der Waals surface area contributed by atoms with Gasteiger partial charge in [0, 0.05) is 23.0 Å². The minimum absolute atomic E-state index is 0.0928. The number of benzene rings is 1. The molecule has 1 aliphatic rings. The first-order chi connectivity index (χ1) is 14.5. The lowest BCUT2D eigenvalue weighted by Crippen LogP contribution is -2.53. The topological polar surface area (TPSA) is 97.8 Å². The van der Waals surface area contributed by atoms with Gasteiger partial charge >= 0.3 is 0 Å². The lowest BCUT2D eigenvalue weighted by molar-refractivity contribution is -0.127. The highest BCUT2D eigenvalue weighted by atomic mass is 16.2. The Balaban J connectivity index is 1.87. The standard InChI is InChI=1S/C24H34N4O2/c1-4-17(19-14-27-20-13-9-8-12-18(19)20)21(25)23(29)22(16-10-6-5-7-11-16)28-24(30)15(2)26-3/h8-9,12-17,22,25-27H,4-7,10-11H2,1-3H3,(H,28,30). The second-order valence-corrected chi connectivity index (χ2v) is 8.42. The van der Waals surface area contributed by atoms with Crippen molar-refractivity contribution in [1.29, 1.82) is 5.41 Å². The highest BCUT2D eigenvalue weighted by Gasteiger charge is 2.36. The van der Waals surface area contributed by atoms with E-state index in [1.807, 2.05) is 37.4 Å². The summed E-state index contributed by atoms with van der Waals surface area (Å²) in [5.41, 5.74) is 2.07. The number of aromatic nitrogens is 1. The van der Waals surface area contributed by atoms with Crippen LogP contribution in [0.25, 0.3) is 10.9 Å². The summed E-state index contributed by atoms with van der Waals surface area (Å²) in [6.45, 7) is 3.79. The van der Waals surface area contributed by atoms with Crippen LogP contribution in [0.2, 0.25) is 0 Å². The van der Waals surface area contributed by atoms with Gasteiger partial charge in [-0.1, -0.05) is 44.4 Å². The van der Waals surface area contributed by atoms with Gasteiger partial charge in [0.1, 0.15) is 0 Å². The number of carbonyl (C=O) groups is 2. The Morgan fingerprint density at radius 1 is 1.20 bits per heavy atom. The van der Waals surface area contributed by atoms with Crippen molar-refractivity contribution in [2.45, 2.75) is 70.4 Å². The summed E-state index contributed by atoms with van der Waals surface area (Å²) >= 11 is 0. The van der Waals surface area contributed by atoms with Crippen LogP contribution in [-0.2, 0) is 9.59 Å². The number of H-pyrrole nitrogens is 1. The van der Waals surface area contributed by atoms with Gasteiger partial charge < -0.3 is 21.0 Å². The molecule has 0 saturated heterocycles. The average molecular weight is 411 g/mol. The first-order valence-electron chi connectivity index (χ1n) is 11.1. The highest BCUT2D eigenvalue weighted by molar-refractivity contribution is 6.43. The van der Waals surface area contributed by atoms with E-state index in [0.717, 1.165) is 42.1 Å². The van der Waals surface area contributed by atoms with Crippen molar-refractivity contribution in [3.05, 3.63) is 36.0 Å². The Labute approximate surface area is 178 Å². The van der Waals surface area contributed by atoms with Crippen LogP contribution in [0.15, 0.2) is 30.5 Å². The number of ketones is 1. The van der Waals surface area contributed by atoms with Gasteiger partial charge in [-0.3, -0.25) is 9.59 Å². The third kappa shape index (κ3) is 4.64. The minimum atomic E-state index is -0.625. The molecule has 0 radical (unpaired) electrons. The number of amides is 1. The Bertz CT molecular complexity index is 897. The van der Waals surface area contributed by atoms with Gasteiger partial charge in [-0.25, -0.2) is 0 Å².